The quantitative estimate of drug-likeness (QED) is 0.894. The van der Waals surface area contributed by atoms with Crippen LogP contribution in [0.15, 0.2) is 24.3 Å². The van der Waals surface area contributed by atoms with Crippen LogP contribution >= 0.6 is 11.6 Å². The Morgan fingerprint density at radius 2 is 2.00 bits per heavy atom. The van der Waals surface area contributed by atoms with E-state index in [1.165, 1.54) is 0 Å². The van der Waals surface area contributed by atoms with Crippen LogP contribution in [0.5, 0.6) is 0 Å². The highest BCUT2D eigenvalue weighted by molar-refractivity contribution is 7.84. The van der Waals surface area contributed by atoms with Crippen LogP contribution in [0, 0.1) is 0 Å². The molecule has 6 nitrogen and oxygen atoms in total. The fourth-order valence-electron chi connectivity index (χ4n) is 2.05. The standard InChI is InChI=1S/C13H18ClNO5S/c1-4-15-21(16,17)20-12-11(18-13(2,3)19-12)9-7-5-6-8-10(9)14/h5-8,11-12,15H,4H2,1-3H3. The normalized spacial score (nSPS) is 25.1. The molecular weight excluding hydrogens is 318 g/mol. The lowest BCUT2D eigenvalue weighted by Crippen LogP contribution is -2.32. The summed E-state index contributed by atoms with van der Waals surface area (Å²) in [6.45, 7) is 5.23. The van der Waals surface area contributed by atoms with Crippen LogP contribution in [-0.2, 0) is 24.0 Å². The van der Waals surface area contributed by atoms with Crippen molar-refractivity contribution in [1.29, 1.82) is 0 Å². The molecule has 1 aliphatic rings. The van der Waals surface area contributed by atoms with E-state index in [1.54, 1.807) is 45.0 Å². The first kappa shape index (κ1) is 16.7. The van der Waals surface area contributed by atoms with Crippen LogP contribution in [0.2, 0.25) is 5.02 Å². The molecule has 0 aromatic heterocycles. The van der Waals surface area contributed by atoms with E-state index in [0.29, 0.717) is 10.6 Å². The number of ether oxygens (including phenoxy) is 2. The largest absolute Gasteiger partial charge is 0.338 e. The van der Waals surface area contributed by atoms with Crippen molar-refractivity contribution >= 4 is 21.9 Å². The summed E-state index contributed by atoms with van der Waals surface area (Å²) in [5.74, 6) is -0.976. The Kier molecular flexibility index (Phi) is 4.92. The van der Waals surface area contributed by atoms with Gasteiger partial charge in [0.15, 0.2) is 5.79 Å². The van der Waals surface area contributed by atoms with E-state index in [9.17, 15) is 8.42 Å². The fraction of sp³-hybridized carbons (Fsp3) is 0.538. The Balaban J connectivity index is 2.28. The van der Waals surface area contributed by atoms with Crippen molar-refractivity contribution in [3.63, 3.8) is 0 Å². The Labute approximate surface area is 129 Å². The second-order valence-corrected chi connectivity index (χ2v) is 6.79. The highest BCUT2D eigenvalue weighted by Gasteiger charge is 2.45. The molecule has 118 valence electrons. The van der Waals surface area contributed by atoms with Gasteiger partial charge in [-0.2, -0.15) is 13.1 Å². The maximum absolute atomic E-state index is 11.8. The first-order valence-corrected chi connectivity index (χ1v) is 8.30. The summed E-state index contributed by atoms with van der Waals surface area (Å²) in [4.78, 5) is 0. The summed E-state index contributed by atoms with van der Waals surface area (Å²) in [5, 5.41) is 0.457. The van der Waals surface area contributed by atoms with Gasteiger partial charge < -0.3 is 9.47 Å². The van der Waals surface area contributed by atoms with E-state index in [1.807, 2.05) is 0 Å². The molecule has 0 aliphatic carbocycles. The SMILES string of the molecule is CCNS(=O)(=O)OC1OC(C)(C)OC1c1ccccc1Cl. The van der Waals surface area contributed by atoms with E-state index in [0.717, 1.165) is 0 Å². The zero-order valence-corrected chi connectivity index (χ0v) is 13.6. The van der Waals surface area contributed by atoms with Crippen LogP contribution in [0.3, 0.4) is 0 Å². The van der Waals surface area contributed by atoms with E-state index >= 15 is 0 Å². The van der Waals surface area contributed by atoms with E-state index in [4.69, 9.17) is 25.3 Å². The third-order valence-corrected chi connectivity index (χ3v) is 4.24. The molecule has 0 radical (unpaired) electrons. The van der Waals surface area contributed by atoms with Crippen molar-refractivity contribution in [1.82, 2.24) is 4.72 Å². The number of nitrogens with one attached hydrogen (secondary N) is 1. The van der Waals surface area contributed by atoms with Crippen molar-refractivity contribution in [3.05, 3.63) is 34.9 Å². The second-order valence-electron chi connectivity index (χ2n) is 4.99. The Morgan fingerprint density at radius 3 is 2.62 bits per heavy atom. The molecule has 2 rings (SSSR count). The first-order chi connectivity index (χ1) is 9.74. The van der Waals surface area contributed by atoms with Gasteiger partial charge in [-0.15, -0.1) is 0 Å². The molecule has 2 unspecified atom stereocenters. The Hall–Kier alpha value is -0.700. The van der Waals surface area contributed by atoms with Gasteiger partial charge in [-0.3, -0.25) is 0 Å². The highest BCUT2D eigenvalue weighted by Crippen LogP contribution is 2.41. The maximum Gasteiger partial charge on any atom is 0.338 e. The van der Waals surface area contributed by atoms with Gasteiger partial charge in [0.25, 0.3) is 0 Å². The van der Waals surface area contributed by atoms with Crippen LogP contribution in [-0.4, -0.2) is 27.0 Å². The van der Waals surface area contributed by atoms with Gasteiger partial charge in [0.1, 0.15) is 6.10 Å². The Morgan fingerprint density at radius 1 is 1.33 bits per heavy atom. The molecule has 1 N–H and O–H groups in total. The minimum Gasteiger partial charge on any atom is -0.337 e. The summed E-state index contributed by atoms with van der Waals surface area (Å²) in [7, 11) is -3.92. The summed E-state index contributed by atoms with van der Waals surface area (Å²) >= 11 is 6.14. The molecule has 21 heavy (non-hydrogen) atoms. The molecule has 2 atom stereocenters. The van der Waals surface area contributed by atoms with Gasteiger partial charge in [0.05, 0.1) is 0 Å². The molecule has 0 saturated carbocycles. The maximum atomic E-state index is 11.8. The minimum atomic E-state index is -3.92. The number of rotatable bonds is 5. The third kappa shape index (κ3) is 4.15. The molecule has 1 aliphatic heterocycles. The molecule has 0 spiro atoms. The fourth-order valence-corrected chi connectivity index (χ4v) is 3.11. The first-order valence-electron chi connectivity index (χ1n) is 6.52. The van der Waals surface area contributed by atoms with Crippen molar-refractivity contribution in [2.45, 2.75) is 39.0 Å². The van der Waals surface area contributed by atoms with E-state index in [2.05, 4.69) is 4.72 Å². The number of benzene rings is 1. The zero-order valence-electron chi connectivity index (χ0n) is 12.0. The Bertz CT molecular complexity index is 604. The molecule has 1 aromatic carbocycles. The molecule has 0 amide bonds. The van der Waals surface area contributed by atoms with Crippen molar-refractivity contribution < 1.29 is 22.1 Å². The van der Waals surface area contributed by atoms with Gasteiger partial charge in [0.2, 0.25) is 6.29 Å². The molecule has 8 heteroatoms. The van der Waals surface area contributed by atoms with Gasteiger partial charge >= 0.3 is 10.3 Å². The molecule has 1 fully saturated rings. The predicted octanol–water partition coefficient (Wildman–Crippen LogP) is 2.36. The van der Waals surface area contributed by atoms with Crippen LogP contribution in [0.4, 0.5) is 0 Å². The molecule has 1 saturated heterocycles. The lowest BCUT2D eigenvalue weighted by molar-refractivity contribution is -0.167. The van der Waals surface area contributed by atoms with Gasteiger partial charge in [-0.25, -0.2) is 4.18 Å². The average Bonchev–Trinajstić information content (AvgIpc) is 2.63. The lowest BCUT2D eigenvalue weighted by atomic mass is 10.1. The van der Waals surface area contributed by atoms with E-state index in [-0.39, 0.29) is 6.54 Å². The van der Waals surface area contributed by atoms with Gasteiger partial charge in [0, 0.05) is 17.1 Å². The molecule has 1 aromatic rings. The topological polar surface area (TPSA) is 73.9 Å². The molecular formula is C13H18ClNO5S. The number of hydrogen-bond donors (Lipinski definition) is 1. The van der Waals surface area contributed by atoms with Crippen molar-refractivity contribution in [2.24, 2.45) is 0 Å². The summed E-state index contributed by atoms with van der Waals surface area (Å²) < 4.78 is 42.1. The minimum absolute atomic E-state index is 0.218. The zero-order chi connectivity index (χ0) is 15.7. The lowest BCUT2D eigenvalue weighted by Gasteiger charge is -2.18. The summed E-state index contributed by atoms with van der Waals surface area (Å²) in [6.07, 6.45) is -1.84. The van der Waals surface area contributed by atoms with Gasteiger partial charge in [-0.05, 0) is 19.9 Å². The smallest absolute Gasteiger partial charge is 0.337 e. The molecule has 0 bridgehead atoms. The number of halogens is 1. The van der Waals surface area contributed by atoms with Crippen molar-refractivity contribution in [3.8, 4) is 0 Å². The third-order valence-electron chi connectivity index (χ3n) is 2.81. The van der Waals surface area contributed by atoms with Crippen molar-refractivity contribution in [2.75, 3.05) is 6.54 Å². The highest BCUT2D eigenvalue weighted by atomic mass is 35.5. The second kappa shape index (κ2) is 6.20. The summed E-state index contributed by atoms with van der Waals surface area (Å²) in [6, 6.07) is 7.00. The van der Waals surface area contributed by atoms with E-state index < -0.39 is 28.5 Å². The monoisotopic (exact) mass is 335 g/mol. The molecule has 1 heterocycles. The summed E-state index contributed by atoms with van der Waals surface area (Å²) in [5.41, 5.74) is 0.612. The number of hydrogen-bond acceptors (Lipinski definition) is 5. The van der Waals surface area contributed by atoms with Gasteiger partial charge in [-0.1, -0.05) is 36.7 Å². The predicted molar refractivity (Wildman–Crippen MR) is 77.9 cm³/mol. The van der Waals surface area contributed by atoms with Crippen LogP contribution in [0.25, 0.3) is 0 Å². The van der Waals surface area contributed by atoms with Crippen LogP contribution in [0.1, 0.15) is 32.4 Å². The van der Waals surface area contributed by atoms with Crippen LogP contribution < -0.4 is 4.72 Å². The average molecular weight is 336 g/mol.